The number of carbonyl (C=O) groups is 2. The highest BCUT2D eigenvalue weighted by Gasteiger charge is 2.16. The molecule has 0 atom stereocenters. The van der Waals surface area contributed by atoms with E-state index in [1.807, 2.05) is 73.0 Å². The van der Waals surface area contributed by atoms with Crippen LogP contribution in [0.4, 0.5) is 5.69 Å². The molecule has 0 aliphatic rings. The van der Waals surface area contributed by atoms with E-state index in [1.54, 1.807) is 7.05 Å². The number of likely N-dealkylation sites (N-methyl/N-ethyl adjacent to an activating group) is 1. The Morgan fingerprint density at radius 3 is 2.43 bits per heavy atom. The second-order valence-electron chi connectivity index (χ2n) is 7.05. The second kappa shape index (κ2) is 10.1. The third-order valence-electron chi connectivity index (χ3n) is 4.55. The fourth-order valence-corrected chi connectivity index (χ4v) is 3.72. The number of anilines is 1. The van der Waals surface area contributed by atoms with Crippen molar-refractivity contribution >= 4 is 29.3 Å². The van der Waals surface area contributed by atoms with Gasteiger partial charge in [0.15, 0.2) is 5.16 Å². The molecule has 0 aliphatic heterocycles. The maximum absolute atomic E-state index is 12.5. The minimum absolute atomic E-state index is 0.0109. The maximum atomic E-state index is 12.5. The van der Waals surface area contributed by atoms with Crippen molar-refractivity contribution in [3.05, 3.63) is 71.5 Å². The molecule has 30 heavy (non-hydrogen) atoms. The van der Waals surface area contributed by atoms with Crippen LogP contribution >= 0.6 is 11.8 Å². The summed E-state index contributed by atoms with van der Waals surface area (Å²) in [5.41, 5.74) is 2.97. The predicted octanol–water partition coefficient (Wildman–Crippen LogP) is 3.13. The van der Waals surface area contributed by atoms with Gasteiger partial charge in [0, 0.05) is 12.7 Å². The molecule has 0 aliphatic carbocycles. The number of benzene rings is 2. The molecule has 2 amide bonds. The van der Waals surface area contributed by atoms with Crippen LogP contribution in [0.15, 0.2) is 59.8 Å². The zero-order chi connectivity index (χ0) is 21.5. The molecule has 0 saturated heterocycles. The predicted molar refractivity (Wildman–Crippen MR) is 118 cm³/mol. The van der Waals surface area contributed by atoms with Crippen LogP contribution in [0.25, 0.3) is 0 Å². The molecular weight excluding hydrogens is 398 g/mol. The summed E-state index contributed by atoms with van der Waals surface area (Å²) in [6.45, 7) is 4.51. The van der Waals surface area contributed by atoms with Gasteiger partial charge in [-0.25, -0.2) is 0 Å². The lowest BCUT2D eigenvalue weighted by molar-refractivity contribution is -0.131. The van der Waals surface area contributed by atoms with E-state index < -0.39 is 0 Å². The van der Waals surface area contributed by atoms with Crippen LogP contribution in [-0.4, -0.2) is 50.8 Å². The van der Waals surface area contributed by atoms with Gasteiger partial charge in [-0.15, -0.1) is 10.2 Å². The van der Waals surface area contributed by atoms with Crippen molar-refractivity contribution in [2.24, 2.45) is 0 Å². The largest absolute Gasteiger partial charge is 0.336 e. The van der Waals surface area contributed by atoms with Crippen molar-refractivity contribution in [2.45, 2.75) is 25.5 Å². The van der Waals surface area contributed by atoms with E-state index in [2.05, 4.69) is 15.5 Å². The maximum Gasteiger partial charge on any atom is 0.243 e. The third-order valence-corrected chi connectivity index (χ3v) is 5.50. The smallest absolute Gasteiger partial charge is 0.243 e. The molecule has 0 bridgehead atoms. The molecule has 3 rings (SSSR count). The van der Waals surface area contributed by atoms with Crippen LogP contribution in [0, 0.1) is 13.8 Å². The summed E-state index contributed by atoms with van der Waals surface area (Å²) >= 11 is 1.32. The molecule has 1 aromatic heterocycles. The monoisotopic (exact) mass is 423 g/mol. The molecule has 3 aromatic rings. The van der Waals surface area contributed by atoms with E-state index in [4.69, 9.17) is 0 Å². The summed E-state index contributed by atoms with van der Waals surface area (Å²) in [6, 6.07) is 17.6. The summed E-state index contributed by atoms with van der Waals surface area (Å²) < 4.78 is 1.98. The summed E-state index contributed by atoms with van der Waals surface area (Å²) in [5, 5.41) is 11.8. The SMILES string of the molecule is Cc1ccc(NC(=O)CN(C)C(=O)CSc2nnc(C)n2Cc2ccccc2)cc1. The standard InChI is InChI=1S/C22H25N5O2S/c1-16-9-11-19(12-10-16)23-20(28)14-26(3)21(29)15-30-22-25-24-17(2)27(22)13-18-7-5-4-6-8-18/h4-12H,13-15H2,1-3H3,(H,23,28). The van der Waals surface area contributed by atoms with Crippen molar-refractivity contribution in [3.63, 3.8) is 0 Å². The summed E-state index contributed by atoms with van der Waals surface area (Å²) in [7, 11) is 1.62. The fraction of sp³-hybridized carbons (Fsp3) is 0.273. The molecule has 0 radical (unpaired) electrons. The van der Waals surface area contributed by atoms with Crippen LogP contribution < -0.4 is 5.32 Å². The van der Waals surface area contributed by atoms with Crippen molar-refractivity contribution in [1.29, 1.82) is 0 Å². The molecule has 2 aromatic carbocycles. The average Bonchev–Trinajstić information content (AvgIpc) is 3.08. The van der Waals surface area contributed by atoms with Gasteiger partial charge in [0.05, 0.1) is 18.8 Å². The number of nitrogens with zero attached hydrogens (tertiary/aromatic N) is 4. The van der Waals surface area contributed by atoms with Gasteiger partial charge < -0.3 is 14.8 Å². The number of aryl methyl sites for hydroxylation is 2. The lowest BCUT2D eigenvalue weighted by Gasteiger charge is -2.17. The van der Waals surface area contributed by atoms with E-state index in [9.17, 15) is 9.59 Å². The Labute approximate surface area is 180 Å². The Morgan fingerprint density at radius 2 is 1.73 bits per heavy atom. The van der Waals surface area contributed by atoms with Gasteiger partial charge in [-0.3, -0.25) is 9.59 Å². The lowest BCUT2D eigenvalue weighted by Crippen LogP contribution is -2.36. The van der Waals surface area contributed by atoms with Crippen molar-refractivity contribution in [1.82, 2.24) is 19.7 Å². The number of hydrogen-bond acceptors (Lipinski definition) is 5. The van der Waals surface area contributed by atoms with Crippen molar-refractivity contribution in [3.8, 4) is 0 Å². The Morgan fingerprint density at radius 1 is 1.03 bits per heavy atom. The summed E-state index contributed by atoms with van der Waals surface area (Å²) in [4.78, 5) is 26.1. The van der Waals surface area contributed by atoms with Gasteiger partial charge in [0.2, 0.25) is 11.8 Å². The minimum Gasteiger partial charge on any atom is -0.336 e. The zero-order valence-electron chi connectivity index (χ0n) is 17.3. The van der Waals surface area contributed by atoms with E-state index >= 15 is 0 Å². The Hall–Kier alpha value is -3.13. The highest BCUT2D eigenvalue weighted by Crippen LogP contribution is 2.19. The van der Waals surface area contributed by atoms with Gasteiger partial charge in [0.25, 0.3) is 0 Å². The molecule has 8 heteroatoms. The molecule has 0 unspecified atom stereocenters. The van der Waals surface area contributed by atoms with Gasteiger partial charge in [-0.1, -0.05) is 59.8 Å². The average molecular weight is 424 g/mol. The van der Waals surface area contributed by atoms with Crippen LogP contribution in [0.3, 0.4) is 0 Å². The summed E-state index contributed by atoms with van der Waals surface area (Å²) in [5.74, 6) is 0.592. The van der Waals surface area contributed by atoms with Gasteiger partial charge >= 0.3 is 0 Å². The molecule has 1 heterocycles. The highest BCUT2D eigenvalue weighted by atomic mass is 32.2. The number of aromatic nitrogens is 3. The fourth-order valence-electron chi connectivity index (χ4n) is 2.79. The van der Waals surface area contributed by atoms with Crippen molar-refractivity contribution in [2.75, 3.05) is 24.7 Å². The zero-order valence-corrected chi connectivity index (χ0v) is 18.1. The molecule has 0 fully saturated rings. The molecule has 0 spiro atoms. The van der Waals surface area contributed by atoms with Gasteiger partial charge in [-0.05, 0) is 31.5 Å². The number of amides is 2. The Balaban J connectivity index is 1.52. The van der Waals surface area contributed by atoms with Crippen LogP contribution in [0.5, 0.6) is 0 Å². The highest BCUT2D eigenvalue weighted by molar-refractivity contribution is 7.99. The van der Waals surface area contributed by atoms with E-state index in [-0.39, 0.29) is 24.1 Å². The Bertz CT molecular complexity index is 1000. The normalized spacial score (nSPS) is 10.6. The van der Waals surface area contributed by atoms with Crippen LogP contribution in [-0.2, 0) is 16.1 Å². The topological polar surface area (TPSA) is 80.1 Å². The van der Waals surface area contributed by atoms with Crippen molar-refractivity contribution < 1.29 is 9.59 Å². The third kappa shape index (κ3) is 5.93. The first kappa shape index (κ1) is 21.6. The first-order valence-electron chi connectivity index (χ1n) is 9.59. The number of hydrogen-bond donors (Lipinski definition) is 1. The van der Waals surface area contributed by atoms with Gasteiger partial charge in [-0.2, -0.15) is 0 Å². The lowest BCUT2D eigenvalue weighted by atomic mass is 10.2. The van der Waals surface area contributed by atoms with Crippen LogP contribution in [0.1, 0.15) is 17.0 Å². The second-order valence-corrected chi connectivity index (χ2v) is 8.00. The number of carbonyl (C=O) groups excluding carboxylic acids is 2. The minimum atomic E-state index is -0.234. The number of rotatable bonds is 8. The van der Waals surface area contributed by atoms with E-state index in [1.165, 1.54) is 16.7 Å². The number of nitrogens with one attached hydrogen (secondary N) is 1. The van der Waals surface area contributed by atoms with E-state index in [0.29, 0.717) is 17.4 Å². The molecular formula is C22H25N5O2S. The first-order chi connectivity index (χ1) is 14.4. The van der Waals surface area contributed by atoms with Gasteiger partial charge in [0.1, 0.15) is 5.82 Å². The van der Waals surface area contributed by atoms with E-state index in [0.717, 1.165) is 17.0 Å². The molecule has 1 N–H and O–H groups in total. The Kier molecular flexibility index (Phi) is 7.24. The molecule has 0 saturated carbocycles. The molecule has 7 nitrogen and oxygen atoms in total. The first-order valence-corrected chi connectivity index (χ1v) is 10.6. The molecule has 156 valence electrons. The quantitative estimate of drug-likeness (QED) is 0.563. The number of thioether (sulfide) groups is 1. The summed E-state index contributed by atoms with van der Waals surface area (Å²) in [6.07, 6.45) is 0. The van der Waals surface area contributed by atoms with Crippen LogP contribution in [0.2, 0.25) is 0 Å².